The third kappa shape index (κ3) is 2.87. The summed E-state index contributed by atoms with van der Waals surface area (Å²) in [5, 5.41) is 4.00. The number of hydrogen-bond acceptors (Lipinski definition) is 4. The summed E-state index contributed by atoms with van der Waals surface area (Å²) in [6, 6.07) is 8.06. The number of rotatable bonds is 3. The second-order valence-corrected chi connectivity index (χ2v) is 5.97. The largest absolute Gasteiger partial charge is 0.375 e. The van der Waals surface area contributed by atoms with Crippen LogP contribution in [0.25, 0.3) is 0 Å². The topological polar surface area (TPSA) is 59.1 Å². The van der Waals surface area contributed by atoms with Crippen LogP contribution in [-0.4, -0.2) is 16.6 Å². The Bertz CT molecular complexity index is 826. The van der Waals surface area contributed by atoms with E-state index in [9.17, 15) is 9.59 Å². The monoisotopic (exact) mass is 346 g/mol. The standard InChI is InChI=1S/C17H12Cl2N2O2/c1-9(15-11(18)5-2-6-12(15)19)21-13-8-14(22)10-4-3-7-20-16(10)17(13)23/h2-9,21H,1H3. The van der Waals surface area contributed by atoms with Crippen LogP contribution >= 0.6 is 23.2 Å². The zero-order chi connectivity index (χ0) is 16.6. The first-order chi connectivity index (χ1) is 11.0. The molecule has 1 heterocycles. The number of carbonyl (C=O) groups excluding carboxylic acids is 2. The van der Waals surface area contributed by atoms with Crippen molar-refractivity contribution < 1.29 is 9.59 Å². The summed E-state index contributed by atoms with van der Waals surface area (Å²) in [7, 11) is 0. The van der Waals surface area contributed by atoms with E-state index in [2.05, 4.69) is 10.3 Å². The average molecular weight is 347 g/mol. The molecule has 0 aliphatic heterocycles. The molecular formula is C17H12Cl2N2O2. The number of nitrogens with zero attached hydrogens (tertiary/aromatic N) is 1. The lowest BCUT2D eigenvalue weighted by atomic mass is 9.96. The lowest BCUT2D eigenvalue weighted by molar-refractivity contribution is 0.0972. The smallest absolute Gasteiger partial charge is 0.228 e. The van der Waals surface area contributed by atoms with Gasteiger partial charge in [0.2, 0.25) is 5.78 Å². The molecule has 1 aromatic heterocycles. The Labute approximate surface area is 143 Å². The Morgan fingerprint density at radius 1 is 1.09 bits per heavy atom. The van der Waals surface area contributed by atoms with Crippen molar-refractivity contribution in [3.63, 3.8) is 0 Å². The molecule has 4 nitrogen and oxygen atoms in total. The van der Waals surface area contributed by atoms with Gasteiger partial charge in [0.1, 0.15) is 5.69 Å². The molecule has 116 valence electrons. The summed E-state index contributed by atoms with van der Waals surface area (Å²) in [6.45, 7) is 1.82. The summed E-state index contributed by atoms with van der Waals surface area (Å²) in [5.41, 5.74) is 1.32. The van der Waals surface area contributed by atoms with Crippen LogP contribution in [0.1, 0.15) is 39.4 Å². The Balaban J connectivity index is 1.92. The van der Waals surface area contributed by atoms with Crippen molar-refractivity contribution in [3.8, 4) is 0 Å². The van der Waals surface area contributed by atoms with Crippen molar-refractivity contribution in [2.45, 2.75) is 13.0 Å². The molecule has 3 rings (SSSR count). The van der Waals surface area contributed by atoms with Gasteiger partial charge in [0, 0.05) is 27.9 Å². The minimum Gasteiger partial charge on any atom is -0.375 e. The number of pyridine rings is 1. The fourth-order valence-electron chi connectivity index (χ4n) is 2.52. The number of benzene rings is 1. The predicted octanol–water partition coefficient (Wildman–Crippen LogP) is 4.00. The molecule has 0 saturated heterocycles. The summed E-state index contributed by atoms with van der Waals surface area (Å²) in [6.07, 6.45) is 2.77. The highest BCUT2D eigenvalue weighted by Gasteiger charge is 2.28. The third-order valence-corrected chi connectivity index (χ3v) is 4.27. The number of aromatic nitrogens is 1. The maximum atomic E-state index is 12.5. The van der Waals surface area contributed by atoms with Gasteiger partial charge < -0.3 is 5.32 Å². The van der Waals surface area contributed by atoms with Crippen LogP contribution in [0.15, 0.2) is 48.3 Å². The van der Waals surface area contributed by atoms with E-state index in [1.165, 1.54) is 12.3 Å². The molecule has 0 spiro atoms. The first-order valence-electron chi connectivity index (χ1n) is 6.95. The van der Waals surface area contributed by atoms with E-state index in [-0.39, 0.29) is 29.0 Å². The van der Waals surface area contributed by atoms with Gasteiger partial charge in [0.05, 0.1) is 17.3 Å². The van der Waals surface area contributed by atoms with Gasteiger partial charge in [-0.15, -0.1) is 0 Å². The Morgan fingerprint density at radius 2 is 1.78 bits per heavy atom. The quantitative estimate of drug-likeness (QED) is 0.912. The second kappa shape index (κ2) is 6.14. The van der Waals surface area contributed by atoms with Crippen LogP contribution in [0.4, 0.5) is 0 Å². The lowest BCUT2D eigenvalue weighted by Gasteiger charge is -2.22. The first kappa shape index (κ1) is 15.7. The maximum Gasteiger partial charge on any atom is 0.228 e. The number of ketones is 2. The van der Waals surface area contributed by atoms with E-state index < -0.39 is 0 Å². The van der Waals surface area contributed by atoms with Crippen LogP contribution in [0, 0.1) is 0 Å². The van der Waals surface area contributed by atoms with Crippen LogP contribution < -0.4 is 5.32 Å². The van der Waals surface area contributed by atoms with E-state index in [4.69, 9.17) is 23.2 Å². The van der Waals surface area contributed by atoms with E-state index in [0.29, 0.717) is 21.2 Å². The molecule has 6 heteroatoms. The van der Waals surface area contributed by atoms with E-state index in [1.807, 2.05) is 6.92 Å². The molecule has 0 fully saturated rings. The van der Waals surface area contributed by atoms with Gasteiger partial charge in [-0.2, -0.15) is 0 Å². The van der Waals surface area contributed by atoms with Crippen LogP contribution in [0.5, 0.6) is 0 Å². The average Bonchev–Trinajstić information content (AvgIpc) is 2.52. The highest BCUT2D eigenvalue weighted by molar-refractivity contribution is 6.36. The molecule has 1 aliphatic carbocycles. The molecule has 1 aliphatic rings. The van der Waals surface area contributed by atoms with Gasteiger partial charge in [-0.25, -0.2) is 0 Å². The molecule has 2 aromatic rings. The molecular weight excluding hydrogens is 335 g/mol. The van der Waals surface area contributed by atoms with Crippen LogP contribution in [0.3, 0.4) is 0 Å². The van der Waals surface area contributed by atoms with Crippen LogP contribution in [-0.2, 0) is 0 Å². The molecule has 1 aromatic carbocycles. The number of fused-ring (bicyclic) bond motifs is 1. The van der Waals surface area contributed by atoms with Crippen molar-refractivity contribution in [2.75, 3.05) is 0 Å². The molecule has 23 heavy (non-hydrogen) atoms. The van der Waals surface area contributed by atoms with Crippen molar-refractivity contribution >= 4 is 34.8 Å². The van der Waals surface area contributed by atoms with Gasteiger partial charge >= 0.3 is 0 Å². The molecule has 1 atom stereocenters. The number of carbonyl (C=O) groups is 2. The zero-order valence-electron chi connectivity index (χ0n) is 12.1. The summed E-state index contributed by atoms with van der Waals surface area (Å²) >= 11 is 12.4. The number of allylic oxidation sites excluding steroid dienone is 2. The number of nitrogens with one attached hydrogen (secondary N) is 1. The molecule has 1 N–H and O–H groups in total. The molecule has 1 unspecified atom stereocenters. The number of halogens is 2. The van der Waals surface area contributed by atoms with Crippen molar-refractivity contribution in [2.24, 2.45) is 0 Å². The van der Waals surface area contributed by atoms with Crippen molar-refractivity contribution in [1.82, 2.24) is 10.3 Å². The highest BCUT2D eigenvalue weighted by Crippen LogP contribution is 2.31. The minimum absolute atomic E-state index is 0.153. The molecule has 0 saturated carbocycles. The molecule has 0 bridgehead atoms. The minimum atomic E-state index is -0.343. The summed E-state index contributed by atoms with van der Waals surface area (Å²) in [4.78, 5) is 28.6. The van der Waals surface area contributed by atoms with Gasteiger partial charge in [-0.3, -0.25) is 14.6 Å². The third-order valence-electron chi connectivity index (χ3n) is 3.61. The maximum absolute atomic E-state index is 12.5. The van der Waals surface area contributed by atoms with Gasteiger partial charge in [0.15, 0.2) is 5.78 Å². The zero-order valence-corrected chi connectivity index (χ0v) is 13.7. The Kier molecular flexibility index (Phi) is 4.20. The highest BCUT2D eigenvalue weighted by atomic mass is 35.5. The van der Waals surface area contributed by atoms with E-state index in [0.717, 1.165) is 0 Å². The SMILES string of the molecule is CC(NC1=CC(=O)c2cccnc2C1=O)c1c(Cl)cccc1Cl. The van der Waals surface area contributed by atoms with Gasteiger partial charge in [-0.05, 0) is 31.2 Å². The fraction of sp³-hybridized carbons (Fsp3) is 0.118. The summed E-state index contributed by atoms with van der Waals surface area (Å²) in [5.74, 6) is -0.581. The van der Waals surface area contributed by atoms with Crippen molar-refractivity contribution in [3.05, 3.63) is 75.2 Å². The Hall–Kier alpha value is -2.17. The summed E-state index contributed by atoms with van der Waals surface area (Å²) < 4.78 is 0. The van der Waals surface area contributed by atoms with Crippen molar-refractivity contribution in [1.29, 1.82) is 0 Å². The molecule has 0 amide bonds. The normalized spacial score (nSPS) is 15.0. The number of Topliss-reactive ketones (excluding diaryl/α,β-unsaturated/α-hetero) is 1. The van der Waals surface area contributed by atoms with E-state index >= 15 is 0 Å². The van der Waals surface area contributed by atoms with E-state index in [1.54, 1.807) is 30.3 Å². The second-order valence-electron chi connectivity index (χ2n) is 5.15. The van der Waals surface area contributed by atoms with Gasteiger partial charge in [-0.1, -0.05) is 29.3 Å². The molecule has 0 radical (unpaired) electrons. The van der Waals surface area contributed by atoms with Crippen LogP contribution in [0.2, 0.25) is 10.0 Å². The first-order valence-corrected chi connectivity index (χ1v) is 7.71. The Morgan fingerprint density at radius 3 is 2.48 bits per heavy atom. The lowest BCUT2D eigenvalue weighted by Crippen LogP contribution is -2.29. The predicted molar refractivity (Wildman–Crippen MR) is 89.0 cm³/mol. The number of hydrogen-bond donors (Lipinski definition) is 1. The fourth-order valence-corrected chi connectivity index (χ4v) is 3.25. The van der Waals surface area contributed by atoms with Gasteiger partial charge in [0.25, 0.3) is 0 Å².